The van der Waals surface area contributed by atoms with E-state index in [2.05, 4.69) is 10.3 Å². The number of nitrogens with one attached hydrogen (secondary N) is 1. The van der Waals surface area contributed by atoms with Crippen molar-refractivity contribution in [3.63, 3.8) is 0 Å². The molecule has 1 heterocycles. The molecule has 0 aliphatic rings. The topological polar surface area (TPSA) is 68.3 Å². The number of amides is 1. The number of anilines is 1. The molecule has 0 unspecified atom stereocenters. The summed E-state index contributed by atoms with van der Waals surface area (Å²) >= 11 is 0. The van der Waals surface area contributed by atoms with Crippen LogP contribution in [0.15, 0.2) is 78.6 Å². The average molecular weight is 376 g/mol. The van der Waals surface area contributed by atoms with Crippen molar-refractivity contribution in [3.8, 4) is 5.75 Å². The monoisotopic (exact) mass is 376 g/mol. The van der Waals surface area contributed by atoms with Gasteiger partial charge in [0, 0.05) is 29.7 Å². The molecule has 1 amide bonds. The first-order valence-electron chi connectivity index (χ1n) is 8.44. The maximum Gasteiger partial charge on any atom is 0.259 e. The number of carbonyl (C=O) groups is 2. The fraction of sp³-hybridized carbons (Fsp3) is 0.0455. The summed E-state index contributed by atoms with van der Waals surface area (Å²) in [5.74, 6) is -1.04. The summed E-state index contributed by atoms with van der Waals surface area (Å²) in [4.78, 5) is 29.7. The first-order chi connectivity index (χ1) is 13.6. The molecule has 0 atom stereocenters. The zero-order valence-electron chi connectivity index (χ0n) is 15.1. The van der Waals surface area contributed by atoms with E-state index < -0.39 is 17.5 Å². The molecule has 0 radical (unpaired) electrons. The Kier molecular flexibility index (Phi) is 5.91. The number of Topliss-reactive ketones (excluding diaryl/α,β-unsaturated/α-hetero) is 1. The lowest BCUT2D eigenvalue weighted by atomic mass is 10.0. The standard InChI is InChI=1S/C22H17FN2O3/c1-28-19-9-3-8-18(13-19)25-22(27)20(12-15-5-2-7-17(23)11-15)21(26)16-6-4-10-24-14-16/h2-14H,1H3,(H,25,27)/b20-12+. The molecule has 5 nitrogen and oxygen atoms in total. The number of ether oxygens (including phenoxy) is 1. The van der Waals surface area contributed by atoms with Gasteiger partial charge in [-0.05, 0) is 48.0 Å². The molecule has 28 heavy (non-hydrogen) atoms. The van der Waals surface area contributed by atoms with Gasteiger partial charge in [0.25, 0.3) is 5.91 Å². The van der Waals surface area contributed by atoms with Crippen LogP contribution in [0.4, 0.5) is 10.1 Å². The fourth-order valence-corrected chi connectivity index (χ4v) is 2.55. The third kappa shape index (κ3) is 4.67. The lowest BCUT2D eigenvalue weighted by Gasteiger charge is -2.10. The minimum absolute atomic E-state index is 0.138. The summed E-state index contributed by atoms with van der Waals surface area (Å²) in [5, 5.41) is 2.68. The molecule has 3 rings (SSSR count). The first kappa shape index (κ1) is 19.0. The summed E-state index contributed by atoms with van der Waals surface area (Å²) < 4.78 is 18.7. The van der Waals surface area contributed by atoms with E-state index in [0.29, 0.717) is 17.0 Å². The van der Waals surface area contributed by atoms with E-state index in [1.54, 1.807) is 42.5 Å². The minimum atomic E-state index is -0.619. The van der Waals surface area contributed by atoms with E-state index in [-0.39, 0.29) is 11.1 Å². The zero-order valence-corrected chi connectivity index (χ0v) is 15.1. The molecular formula is C22H17FN2O3. The number of hydrogen-bond acceptors (Lipinski definition) is 4. The summed E-state index contributed by atoms with van der Waals surface area (Å²) in [6.45, 7) is 0. The number of methoxy groups -OCH3 is 1. The maximum atomic E-state index is 13.5. The van der Waals surface area contributed by atoms with Crippen molar-refractivity contribution in [2.24, 2.45) is 0 Å². The Morgan fingerprint density at radius 1 is 1.07 bits per heavy atom. The number of ketones is 1. The number of carbonyl (C=O) groups excluding carboxylic acids is 2. The highest BCUT2D eigenvalue weighted by molar-refractivity contribution is 6.31. The van der Waals surface area contributed by atoms with Crippen LogP contribution in [0.25, 0.3) is 6.08 Å². The van der Waals surface area contributed by atoms with Gasteiger partial charge in [0.2, 0.25) is 0 Å². The normalized spacial score (nSPS) is 11.0. The van der Waals surface area contributed by atoms with Crippen LogP contribution in [0.3, 0.4) is 0 Å². The highest BCUT2D eigenvalue weighted by Gasteiger charge is 2.20. The van der Waals surface area contributed by atoms with Gasteiger partial charge in [-0.1, -0.05) is 18.2 Å². The SMILES string of the molecule is COc1cccc(NC(=O)/C(=C/c2cccc(F)c2)C(=O)c2cccnc2)c1. The van der Waals surface area contributed by atoms with Crippen LogP contribution < -0.4 is 10.1 Å². The number of halogens is 1. The lowest BCUT2D eigenvalue weighted by molar-refractivity contribution is -0.112. The number of rotatable bonds is 6. The van der Waals surface area contributed by atoms with Gasteiger partial charge in [-0.15, -0.1) is 0 Å². The van der Waals surface area contributed by atoms with E-state index in [1.807, 2.05) is 0 Å². The van der Waals surface area contributed by atoms with Crippen molar-refractivity contribution < 1.29 is 18.7 Å². The molecular weight excluding hydrogens is 359 g/mol. The molecule has 2 aromatic carbocycles. The van der Waals surface area contributed by atoms with E-state index in [1.165, 1.54) is 43.8 Å². The van der Waals surface area contributed by atoms with Gasteiger partial charge in [-0.2, -0.15) is 0 Å². The Labute approximate surface area is 161 Å². The third-order valence-corrected chi connectivity index (χ3v) is 3.90. The van der Waals surface area contributed by atoms with Crippen LogP contribution in [-0.2, 0) is 4.79 Å². The molecule has 0 aliphatic carbocycles. The largest absolute Gasteiger partial charge is 0.497 e. The molecule has 0 saturated heterocycles. The van der Waals surface area contributed by atoms with E-state index in [4.69, 9.17) is 4.74 Å². The van der Waals surface area contributed by atoms with Crippen molar-refractivity contribution in [1.82, 2.24) is 4.98 Å². The second kappa shape index (κ2) is 8.73. The lowest BCUT2D eigenvalue weighted by Crippen LogP contribution is -2.21. The van der Waals surface area contributed by atoms with Crippen molar-refractivity contribution in [2.45, 2.75) is 0 Å². The van der Waals surface area contributed by atoms with Gasteiger partial charge in [0.05, 0.1) is 12.7 Å². The predicted molar refractivity (Wildman–Crippen MR) is 105 cm³/mol. The second-order valence-electron chi connectivity index (χ2n) is 5.87. The highest BCUT2D eigenvalue weighted by Crippen LogP contribution is 2.20. The Morgan fingerprint density at radius 3 is 2.61 bits per heavy atom. The van der Waals surface area contributed by atoms with Gasteiger partial charge < -0.3 is 10.1 Å². The molecule has 0 fully saturated rings. The van der Waals surface area contributed by atoms with Gasteiger partial charge in [-0.25, -0.2) is 4.39 Å². The Bertz CT molecular complexity index is 1030. The highest BCUT2D eigenvalue weighted by atomic mass is 19.1. The van der Waals surface area contributed by atoms with Crippen LogP contribution in [0.2, 0.25) is 0 Å². The minimum Gasteiger partial charge on any atom is -0.497 e. The first-order valence-corrected chi connectivity index (χ1v) is 8.44. The predicted octanol–water partition coefficient (Wildman–Crippen LogP) is 4.13. The molecule has 0 saturated carbocycles. The molecule has 3 aromatic rings. The number of nitrogens with zero attached hydrogens (tertiary/aromatic N) is 1. The van der Waals surface area contributed by atoms with Gasteiger partial charge in [-0.3, -0.25) is 14.6 Å². The van der Waals surface area contributed by atoms with E-state index in [0.717, 1.165) is 0 Å². The van der Waals surface area contributed by atoms with Crippen molar-refractivity contribution >= 4 is 23.5 Å². The molecule has 140 valence electrons. The van der Waals surface area contributed by atoms with Crippen molar-refractivity contribution in [2.75, 3.05) is 12.4 Å². The molecule has 0 bridgehead atoms. The number of hydrogen-bond donors (Lipinski definition) is 1. The van der Waals surface area contributed by atoms with E-state index in [9.17, 15) is 14.0 Å². The number of aromatic nitrogens is 1. The van der Waals surface area contributed by atoms with Crippen molar-refractivity contribution in [1.29, 1.82) is 0 Å². The van der Waals surface area contributed by atoms with Crippen LogP contribution in [0, 0.1) is 5.82 Å². The van der Waals surface area contributed by atoms with Crippen LogP contribution >= 0.6 is 0 Å². The van der Waals surface area contributed by atoms with Gasteiger partial charge in [0.15, 0.2) is 5.78 Å². The molecule has 1 aromatic heterocycles. The second-order valence-corrected chi connectivity index (χ2v) is 5.87. The summed E-state index contributed by atoms with van der Waals surface area (Å²) in [6.07, 6.45) is 4.26. The zero-order chi connectivity index (χ0) is 19.9. The third-order valence-electron chi connectivity index (χ3n) is 3.90. The Hall–Kier alpha value is -3.80. The average Bonchev–Trinajstić information content (AvgIpc) is 2.72. The van der Waals surface area contributed by atoms with Crippen molar-refractivity contribution in [3.05, 3.63) is 95.6 Å². The van der Waals surface area contributed by atoms with Crippen LogP contribution in [0.1, 0.15) is 15.9 Å². The smallest absolute Gasteiger partial charge is 0.259 e. The summed E-state index contributed by atoms with van der Waals surface area (Å²) in [5.41, 5.74) is 0.980. The van der Waals surface area contributed by atoms with Gasteiger partial charge >= 0.3 is 0 Å². The quantitative estimate of drug-likeness (QED) is 0.304. The Morgan fingerprint density at radius 2 is 1.89 bits per heavy atom. The maximum absolute atomic E-state index is 13.5. The Balaban J connectivity index is 1.97. The summed E-state index contributed by atoms with van der Waals surface area (Å²) in [6, 6.07) is 15.6. The summed E-state index contributed by atoms with van der Waals surface area (Å²) in [7, 11) is 1.52. The number of benzene rings is 2. The molecule has 0 aliphatic heterocycles. The number of pyridine rings is 1. The molecule has 6 heteroatoms. The molecule has 0 spiro atoms. The van der Waals surface area contributed by atoms with E-state index >= 15 is 0 Å². The molecule has 1 N–H and O–H groups in total. The van der Waals surface area contributed by atoms with Crippen LogP contribution in [0.5, 0.6) is 5.75 Å². The van der Waals surface area contributed by atoms with Crippen LogP contribution in [-0.4, -0.2) is 23.8 Å². The van der Waals surface area contributed by atoms with Gasteiger partial charge in [0.1, 0.15) is 11.6 Å². The fourth-order valence-electron chi connectivity index (χ4n) is 2.55.